The van der Waals surface area contributed by atoms with Crippen LogP contribution in [0.2, 0.25) is 0 Å². The Morgan fingerprint density at radius 2 is 1.86 bits per heavy atom. The van der Waals surface area contributed by atoms with Crippen molar-refractivity contribution in [2.45, 2.75) is 64.9 Å². The summed E-state index contributed by atoms with van der Waals surface area (Å²) in [6.07, 6.45) is 7.24. The molecule has 1 N–H and O–H groups in total. The van der Waals surface area contributed by atoms with E-state index >= 15 is 0 Å². The zero-order chi connectivity index (χ0) is 15.7. The summed E-state index contributed by atoms with van der Waals surface area (Å²) in [5, 5.41) is 10.9. The molecular weight excluding hydrogens is 276 g/mol. The summed E-state index contributed by atoms with van der Waals surface area (Å²) in [5.74, 6) is 1.71. The minimum absolute atomic E-state index is 0.0385. The van der Waals surface area contributed by atoms with Crippen molar-refractivity contribution in [2.75, 3.05) is 0 Å². The minimum Gasteiger partial charge on any atom is -0.393 e. The number of fused-ring (bicyclic) bond motifs is 5. The highest BCUT2D eigenvalue weighted by Gasteiger charge is 2.61. The second-order valence-corrected chi connectivity index (χ2v) is 8.54. The molecule has 4 aliphatic rings. The first-order valence-corrected chi connectivity index (χ1v) is 8.81. The Balaban J connectivity index is 1.75. The van der Waals surface area contributed by atoms with Crippen LogP contribution in [0, 0.1) is 28.6 Å². The second-order valence-electron chi connectivity index (χ2n) is 8.54. The molecule has 4 aliphatic carbocycles. The zero-order valence-electron chi connectivity index (χ0n) is 13.6. The molecule has 0 aromatic rings. The van der Waals surface area contributed by atoms with Gasteiger partial charge in [0, 0.05) is 18.3 Å². The molecule has 0 radical (unpaired) electrons. The smallest absolute Gasteiger partial charge is 0.155 e. The predicted octanol–water partition coefficient (Wildman–Crippen LogP) is 3.06. The molecule has 120 valence electrons. The Morgan fingerprint density at radius 1 is 1.09 bits per heavy atom. The zero-order valence-corrected chi connectivity index (χ0v) is 13.6. The number of carbonyl (C=O) groups excluding carboxylic acids is 2. The van der Waals surface area contributed by atoms with E-state index in [0.717, 1.165) is 25.7 Å². The summed E-state index contributed by atoms with van der Waals surface area (Å²) in [5.41, 5.74) is 0.920. The normalized spacial score (nSPS) is 51.0. The minimum atomic E-state index is -0.407. The van der Waals surface area contributed by atoms with Gasteiger partial charge >= 0.3 is 0 Å². The van der Waals surface area contributed by atoms with Crippen LogP contribution >= 0.6 is 0 Å². The maximum Gasteiger partial charge on any atom is 0.155 e. The number of hydrogen-bond donors (Lipinski definition) is 1. The number of hydrogen-bond acceptors (Lipinski definition) is 3. The van der Waals surface area contributed by atoms with Crippen LogP contribution in [0.25, 0.3) is 0 Å². The van der Waals surface area contributed by atoms with Crippen molar-refractivity contribution in [2.24, 2.45) is 28.6 Å². The van der Waals surface area contributed by atoms with E-state index < -0.39 is 6.10 Å². The summed E-state index contributed by atoms with van der Waals surface area (Å²) in [4.78, 5) is 24.2. The number of allylic oxidation sites excluding steroid dienone is 1. The van der Waals surface area contributed by atoms with Gasteiger partial charge in [-0.1, -0.05) is 19.4 Å². The third-order valence-electron chi connectivity index (χ3n) is 7.61. The van der Waals surface area contributed by atoms with Crippen molar-refractivity contribution in [3.8, 4) is 0 Å². The van der Waals surface area contributed by atoms with E-state index in [2.05, 4.69) is 13.8 Å². The van der Waals surface area contributed by atoms with Crippen LogP contribution in [0.3, 0.4) is 0 Å². The van der Waals surface area contributed by atoms with Crippen LogP contribution in [0.4, 0.5) is 0 Å². The third-order valence-corrected chi connectivity index (χ3v) is 7.61. The van der Waals surface area contributed by atoms with Gasteiger partial charge < -0.3 is 5.11 Å². The molecule has 4 rings (SSSR count). The Hall–Kier alpha value is -0.960. The van der Waals surface area contributed by atoms with Crippen LogP contribution in [-0.4, -0.2) is 22.8 Å². The highest BCUT2D eigenvalue weighted by molar-refractivity contribution is 5.91. The molecule has 0 aromatic heterocycles. The van der Waals surface area contributed by atoms with Crippen LogP contribution in [0.1, 0.15) is 58.8 Å². The fourth-order valence-electron chi connectivity index (χ4n) is 6.46. The topological polar surface area (TPSA) is 54.4 Å². The molecule has 0 spiro atoms. The van der Waals surface area contributed by atoms with Gasteiger partial charge in [-0.05, 0) is 61.3 Å². The molecule has 3 fully saturated rings. The van der Waals surface area contributed by atoms with Gasteiger partial charge in [-0.3, -0.25) is 9.59 Å². The highest BCUT2D eigenvalue weighted by atomic mass is 16.3. The maximum absolute atomic E-state index is 12.4. The number of carbonyl (C=O) groups is 2. The average molecular weight is 302 g/mol. The molecule has 0 aromatic carbocycles. The number of aliphatic hydroxyl groups is 1. The largest absolute Gasteiger partial charge is 0.393 e. The van der Waals surface area contributed by atoms with Crippen molar-refractivity contribution < 1.29 is 14.7 Å². The van der Waals surface area contributed by atoms with Crippen molar-refractivity contribution in [1.29, 1.82) is 0 Å². The Labute approximate surface area is 132 Å². The summed E-state index contributed by atoms with van der Waals surface area (Å²) in [6, 6.07) is 0. The van der Waals surface area contributed by atoms with E-state index in [1.54, 1.807) is 0 Å². The first-order valence-electron chi connectivity index (χ1n) is 8.81. The molecule has 6 atom stereocenters. The monoisotopic (exact) mass is 302 g/mol. The van der Waals surface area contributed by atoms with Gasteiger partial charge in [0.25, 0.3) is 0 Å². The molecule has 0 heterocycles. The van der Waals surface area contributed by atoms with E-state index in [4.69, 9.17) is 0 Å². The first kappa shape index (κ1) is 14.6. The number of rotatable bonds is 0. The van der Waals surface area contributed by atoms with Crippen molar-refractivity contribution in [3.05, 3.63) is 11.6 Å². The van der Waals surface area contributed by atoms with E-state index in [1.165, 1.54) is 5.57 Å². The number of ketones is 2. The lowest BCUT2D eigenvalue weighted by Crippen LogP contribution is -2.56. The van der Waals surface area contributed by atoms with Crippen LogP contribution in [0.15, 0.2) is 11.6 Å². The number of aliphatic hydroxyl groups excluding tert-OH is 1. The van der Waals surface area contributed by atoms with Gasteiger partial charge in [0.1, 0.15) is 5.78 Å². The fraction of sp³-hybridized carbons (Fsp3) is 0.789. The van der Waals surface area contributed by atoms with E-state index in [9.17, 15) is 14.7 Å². The average Bonchev–Trinajstić information content (AvgIpc) is 2.75. The van der Waals surface area contributed by atoms with Crippen molar-refractivity contribution >= 4 is 11.6 Å². The quantitative estimate of drug-likeness (QED) is 0.748. The van der Waals surface area contributed by atoms with E-state index in [0.29, 0.717) is 36.9 Å². The molecule has 0 bridgehead atoms. The highest BCUT2D eigenvalue weighted by Crippen LogP contribution is 2.64. The van der Waals surface area contributed by atoms with E-state index in [-0.39, 0.29) is 22.5 Å². The first-order chi connectivity index (χ1) is 10.4. The summed E-state index contributed by atoms with van der Waals surface area (Å²) < 4.78 is 0. The molecule has 0 unspecified atom stereocenters. The molecule has 3 heteroatoms. The van der Waals surface area contributed by atoms with Crippen LogP contribution in [0.5, 0.6) is 0 Å². The van der Waals surface area contributed by atoms with Gasteiger partial charge in [0.15, 0.2) is 5.78 Å². The van der Waals surface area contributed by atoms with Gasteiger partial charge in [0.2, 0.25) is 0 Å². The van der Waals surface area contributed by atoms with Gasteiger partial charge in [0.05, 0.1) is 6.10 Å². The van der Waals surface area contributed by atoms with Gasteiger partial charge in [-0.2, -0.15) is 0 Å². The molecule has 3 nitrogen and oxygen atoms in total. The molecule has 22 heavy (non-hydrogen) atoms. The van der Waals surface area contributed by atoms with Crippen LogP contribution < -0.4 is 0 Å². The fourth-order valence-corrected chi connectivity index (χ4v) is 6.46. The van der Waals surface area contributed by atoms with Crippen molar-refractivity contribution in [1.82, 2.24) is 0 Å². The van der Waals surface area contributed by atoms with Gasteiger partial charge in [-0.15, -0.1) is 0 Å². The standard InChI is InChI=1S/C19H26O3/c1-18-8-7-12(20)9-11(18)3-4-13-14-5-6-16(22)19(14,2)10-15(21)17(13)18/h9,13-15,17,21H,3-8,10H2,1-2H3/t13-,14-,15+,17-,18-,19-/m0/s1. The Kier molecular flexibility index (Phi) is 3.01. The third kappa shape index (κ3) is 1.72. The summed E-state index contributed by atoms with van der Waals surface area (Å²) in [7, 11) is 0. The predicted molar refractivity (Wildman–Crippen MR) is 83.1 cm³/mol. The lowest BCUT2D eigenvalue weighted by molar-refractivity contribution is -0.147. The van der Waals surface area contributed by atoms with E-state index in [1.807, 2.05) is 6.08 Å². The summed E-state index contributed by atoms with van der Waals surface area (Å²) >= 11 is 0. The molecule has 0 amide bonds. The second kappa shape index (κ2) is 4.53. The molecule has 0 saturated heterocycles. The van der Waals surface area contributed by atoms with Crippen molar-refractivity contribution in [3.63, 3.8) is 0 Å². The SMILES string of the molecule is C[C@]12CCC(=O)C=C1CC[C@@H]1[C@H]2[C@H](O)C[C@]2(C)C(=O)CC[C@@H]12. The number of Topliss-reactive ketones (excluding diaryl/α,β-unsaturated/α-hetero) is 1. The maximum atomic E-state index is 12.4. The lowest BCUT2D eigenvalue weighted by Gasteiger charge is -2.58. The summed E-state index contributed by atoms with van der Waals surface area (Å²) in [6.45, 7) is 4.34. The Bertz CT molecular complexity index is 577. The molecule has 3 saturated carbocycles. The lowest BCUT2D eigenvalue weighted by atomic mass is 9.46. The Morgan fingerprint density at radius 3 is 2.64 bits per heavy atom. The molecular formula is C19H26O3. The molecule has 0 aliphatic heterocycles. The van der Waals surface area contributed by atoms with Crippen LogP contribution in [-0.2, 0) is 9.59 Å². The van der Waals surface area contributed by atoms with Gasteiger partial charge in [-0.25, -0.2) is 0 Å².